The molecule has 1 aromatic heterocycles. The second-order valence-corrected chi connectivity index (χ2v) is 1.86. The Bertz CT molecular complexity index is 374. The minimum atomic E-state index is -0.617. The van der Waals surface area contributed by atoms with E-state index in [2.05, 4.69) is 20.3 Å². The molecule has 2 heterocycles. The quantitative estimate of drug-likeness (QED) is 0.466. The lowest BCUT2D eigenvalue weighted by atomic mass is 10.5. The number of fused-ring (bicyclic) bond motifs is 1. The SMILES string of the molecule is [2H]C1N=c2cncnc2=CN1. The van der Waals surface area contributed by atoms with Gasteiger partial charge in [-0.15, -0.1) is 0 Å². The van der Waals surface area contributed by atoms with Crippen molar-refractivity contribution in [2.45, 2.75) is 0 Å². The molecule has 0 aliphatic carbocycles. The topological polar surface area (TPSA) is 50.2 Å². The van der Waals surface area contributed by atoms with Crippen molar-refractivity contribution in [3.05, 3.63) is 23.2 Å². The molecule has 0 saturated heterocycles. The molecule has 1 atom stereocenters. The summed E-state index contributed by atoms with van der Waals surface area (Å²) in [6, 6.07) is 0. The molecular formula is C6H6N4. The van der Waals surface area contributed by atoms with Crippen molar-refractivity contribution in [3.63, 3.8) is 0 Å². The van der Waals surface area contributed by atoms with Crippen LogP contribution in [0.4, 0.5) is 0 Å². The molecule has 10 heavy (non-hydrogen) atoms. The molecule has 1 unspecified atom stereocenters. The second-order valence-electron chi connectivity index (χ2n) is 1.86. The first-order chi connectivity index (χ1) is 5.36. The highest BCUT2D eigenvalue weighted by atomic mass is 15.0. The molecule has 50 valence electrons. The second kappa shape index (κ2) is 2.06. The fourth-order valence-corrected chi connectivity index (χ4v) is 0.765. The van der Waals surface area contributed by atoms with E-state index in [-0.39, 0.29) is 0 Å². The number of nitrogens with zero attached hydrogens (tertiary/aromatic N) is 3. The maximum Gasteiger partial charge on any atom is 0.116 e. The lowest BCUT2D eigenvalue weighted by Crippen LogP contribution is -2.36. The Balaban J connectivity index is 2.73. The van der Waals surface area contributed by atoms with E-state index >= 15 is 0 Å². The fourth-order valence-electron chi connectivity index (χ4n) is 0.765. The largest absolute Gasteiger partial charge is 0.370 e. The number of aromatic nitrogens is 2. The first-order valence-electron chi connectivity index (χ1n) is 3.46. The number of nitrogens with one attached hydrogen (secondary N) is 1. The summed E-state index contributed by atoms with van der Waals surface area (Å²) in [6.45, 7) is -0.617. The Kier molecular flexibility index (Phi) is 0.901. The van der Waals surface area contributed by atoms with Gasteiger partial charge in [0.1, 0.15) is 23.7 Å². The molecule has 1 N–H and O–H groups in total. The number of hydrogen-bond donors (Lipinski definition) is 1. The van der Waals surface area contributed by atoms with E-state index in [0.29, 0.717) is 5.36 Å². The molecule has 0 bridgehead atoms. The molecule has 1 aliphatic rings. The first-order valence-corrected chi connectivity index (χ1v) is 2.88. The molecule has 0 radical (unpaired) electrons. The van der Waals surface area contributed by atoms with E-state index in [0.717, 1.165) is 5.35 Å². The summed E-state index contributed by atoms with van der Waals surface area (Å²) in [4.78, 5) is 11.7. The van der Waals surface area contributed by atoms with Crippen LogP contribution in [-0.2, 0) is 0 Å². The van der Waals surface area contributed by atoms with Gasteiger partial charge in [0.2, 0.25) is 0 Å². The Morgan fingerprint density at radius 3 is 3.70 bits per heavy atom. The normalized spacial score (nSPS) is 22.8. The van der Waals surface area contributed by atoms with Crippen LogP contribution < -0.4 is 16.0 Å². The molecule has 4 heteroatoms. The van der Waals surface area contributed by atoms with Crippen molar-refractivity contribution in [2.75, 3.05) is 6.64 Å². The predicted molar refractivity (Wildman–Crippen MR) is 35.3 cm³/mol. The molecule has 0 spiro atoms. The molecule has 0 fully saturated rings. The fraction of sp³-hybridized carbons (Fsp3) is 0.167. The molecule has 1 aromatic rings. The van der Waals surface area contributed by atoms with Gasteiger partial charge < -0.3 is 5.32 Å². The third-order valence-corrected chi connectivity index (χ3v) is 1.22. The van der Waals surface area contributed by atoms with Gasteiger partial charge in [-0.1, -0.05) is 0 Å². The van der Waals surface area contributed by atoms with Crippen molar-refractivity contribution in [1.82, 2.24) is 15.3 Å². The van der Waals surface area contributed by atoms with Crippen molar-refractivity contribution in [3.8, 4) is 0 Å². The maximum atomic E-state index is 7.24. The zero-order valence-electron chi connectivity index (χ0n) is 6.15. The van der Waals surface area contributed by atoms with Crippen molar-refractivity contribution >= 4 is 6.20 Å². The lowest BCUT2D eigenvalue weighted by molar-refractivity contribution is 0.842. The average molecular weight is 135 g/mol. The summed E-state index contributed by atoms with van der Waals surface area (Å²) in [7, 11) is 0. The predicted octanol–water partition coefficient (Wildman–Crippen LogP) is -1.61. The van der Waals surface area contributed by atoms with Gasteiger partial charge in [0.05, 0.1) is 7.57 Å². The molecular weight excluding hydrogens is 128 g/mol. The van der Waals surface area contributed by atoms with Gasteiger partial charge in [0.15, 0.2) is 0 Å². The van der Waals surface area contributed by atoms with Crippen LogP contribution in [0.2, 0.25) is 0 Å². The summed E-state index contributed by atoms with van der Waals surface area (Å²) in [6.07, 6.45) is 4.72. The summed E-state index contributed by atoms with van der Waals surface area (Å²) < 4.78 is 7.24. The summed E-state index contributed by atoms with van der Waals surface area (Å²) in [5.41, 5.74) is 0. The van der Waals surface area contributed by atoms with Crippen molar-refractivity contribution in [2.24, 2.45) is 4.99 Å². The smallest absolute Gasteiger partial charge is 0.116 e. The van der Waals surface area contributed by atoms with Gasteiger partial charge in [0, 0.05) is 6.20 Å². The first kappa shape index (κ1) is 4.38. The minimum absolute atomic E-state index is 0.617. The van der Waals surface area contributed by atoms with E-state index in [4.69, 9.17) is 1.37 Å². The van der Waals surface area contributed by atoms with Gasteiger partial charge in [-0.25, -0.2) is 9.97 Å². The summed E-state index contributed by atoms with van der Waals surface area (Å²) in [5.74, 6) is 0. The Labute approximate surface area is 58.8 Å². The third-order valence-electron chi connectivity index (χ3n) is 1.22. The molecule has 4 nitrogen and oxygen atoms in total. The Morgan fingerprint density at radius 1 is 1.70 bits per heavy atom. The van der Waals surface area contributed by atoms with Crippen LogP contribution in [0, 0.1) is 0 Å². The highest BCUT2D eigenvalue weighted by molar-refractivity contribution is 5.15. The van der Waals surface area contributed by atoms with Gasteiger partial charge in [-0.05, 0) is 0 Å². The van der Waals surface area contributed by atoms with E-state index in [1.54, 1.807) is 12.4 Å². The number of hydrogen-bond acceptors (Lipinski definition) is 4. The zero-order chi connectivity index (χ0) is 7.68. The van der Waals surface area contributed by atoms with E-state index in [9.17, 15) is 0 Å². The van der Waals surface area contributed by atoms with E-state index in [1.165, 1.54) is 6.33 Å². The highest BCUT2D eigenvalue weighted by Crippen LogP contribution is 1.66. The maximum absolute atomic E-state index is 7.24. The monoisotopic (exact) mass is 135 g/mol. The minimum Gasteiger partial charge on any atom is -0.370 e. The van der Waals surface area contributed by atoms with Crippen LogP contribution in [0.3, 0.4) is 0 Å². The van der Waals surface area contributed by atoms with Crippen LogP contribution >= 0.6 is 0 Å². The Hall–Kier alpha value is -1.45. The average Bonchev–Trinajstić information content (AvgIpc) is 2.04. The summed E-state index contributed by atoms with van der Waals surface area (Å²) >= 11 is 0. The van der Waals surface area contributed by atoms with Crippen molar-refractivity contribution in [1.29, 1.82) is 0 Å². The molecule has 1 aliphatic heterocycles. The van der Waals surface area contributed by atoms with Gasteiger partial charge in [0.25, 0.3) is 0 Å². The zero-order valence-corrected chi connectivity index (χ0v) is 5.15. The van der Waals surface area contributed by atoms with Crippen molar-refractivity contribution < 1.29 is 1.37 Å². The molecule has 2 rings (SSSR count). The van der Waals surface area contributed by atoms with Crippen LogP contribution in [0.1, 0.15) is 1.37 Å². The van der Waals surface area contributed by atoms with E-state index in [1.807, 2.05) is 0 Å². The molecule has 0 aromatic carbocycles. The van der Waals surface area contributed by atoms with Crippen LogP contribution in [0.5, 0.6) is 0 Å². The van der Waals surface area contributed by atoms with Crippen LogP contribution in [0.25, 0.3) is 6.20 Å². The molecule has 0 saturated carbocycles. The highest BCUT2D eigenvalue weighted by Gasteiger charge is 1.90. The van der Waals surface area contributed by atoms with Gasteiger partial charge in [-0.2, -0.15) is 0 Å². The van der Waals surface area contributed by atoms with E-state index < -0.39 is 6.64 Å². The standard InChI is InChI=1S/C6H6N4/c1-5-6(10-3-7-1)2-8-4-9-5/h1-3,8H,4H2/i4D. The summed E-state index contributed by atoms with van der Waals surface area (Å²) in [5, 5.41) is 4.13. The van der Waals surface area contributed by atoms with Gasteiger partial charge in [-0.3, -0.25) is 4.99 Å². The third kappa shape index (κ3) is 0.737. The lowest BCUT2D eigenvalue weighted by Gasteiger charge is -1.98. The van der Waals surface area contributed by atoms with Gasteiger partial charge >= 0.3 is 0 Å². The molecule has 0 amide bonds. The van der Waals surface area contributed by atoms with Crippen LogP contribution in [0.15, 0.2) is 17.5 Å². The van der Waals surface area contributed by atoms with Crippen LogP contribution in [-0.4, -0.2) is 16.6 Å². The number of rotatable bonds is 0. The Morgan fingerprint density at radius 2 is 2.70 bits per heavy atom.